The third kappa shape index (κ3) is 18.7. The number of hydrogen-bond acceptors (Lipinski definition) is 8. The second kappa shape index (κ2) is 29.1. The van der Waals surface area contributed by atoms with Crippen molar-refractivity contribution in [3.05, 3.63) is 0 Å². The molecule has 0 aliphatic heterocycles. The van der Waals surface area contributed by atoms with Gasteiger partial charge in [-0.05, 0) is 0 Å². The second-order valence-corrected chi connectivity index (χ2v) is 19.5. The van der Waals surface area contributed by atoms with E-state index in [0.29, 0.717) is 25.7 Å². The summed E-state index contributed by atoms with van der Waals surface area (Å²) in [6.07, 6.45) is 19.4. The molecule has 248 valence electrons. The summed E-state index contributed by atoms with van der Waals surface area (Å²) in [4.78, 5) is 0. The van der Waals surface area contributed by atoms with Crippen LogP contribution in [-0.2, 0) is 16.6 Å². The molecule has 0 saturated heterocycles. The first-order valence-electron chi connectivity index (χ1n) is 17.1. The molecule has 4 atom stereocenters. The van der Waals surface area contributed by atoms with E-state index in [4.69, 9.17) is 20.4 Å². The summed E-state index contributed by atoms with van der Waals surface area (Å²) in [5.41, 5.74) is 0. The van der Waals surface area contributed by atoms with Crippen LogP contribution >= 0.6 is 0 Å². The summed E-state index contributed by atoms with van der Waals surface area (Å²) in [6.45, 7) is 0.745. The van der Waals surface area contributed by atoms with Gasteiger partial charge in [0.15, 0.2) is 0 Å². The number of unbranched alkanes of at least 4 members (excludes halogenated alkanes) is 16. The Hall–Kier alpha value is 0.394. The number of aliphatic hydroxyl groups is 8. The molecule has 41 heavy (non-hydrogen) atoms. The number of rotatable bonds is 32. The first kappa shape index (κ1) is 41.4. The molecule has 0 fully saturated rings. The maximum absolute atomic E-state index is 11.8. The molecular formula is C32H68O8Ti. The van der Waals surface area contributed by atoms with Crippen LogP contribution in [0.5, 0.6) is 0 Å². The Morgan fingerprint density at radius 2 is 0.439 bits per heavy atom. The molecule has 0 amide bonds. The molecule has 8 N–H and O–H groups in total. The van der Waals surface area contributed by atoms with E-state index in [1.807, 2.05) is 0 Å². The number of hydrogen-bond donors (Lipinski definition) is 8. The Balaban J connectivity index is 5.65. The van der Waals surface area contributed by atoms with Gasteiger partial charge in [0.1, 0.15) is 0 Å². The summed E-state index contributed by atoms with van der Waals surface area (Å²) < 4.78 is -3.42. The van der Waals surface area contributed by atoms with E-state index < -0.39 is 34.2 Å². The molecular weight excluding hydrogens is 560 g/mol. The molecule has 0 aromatic rings. The van der Waals surface area contributed by atoms with E-state index in [9.17, 15) is 20.4 Å². The van der Waals surface area contributed by atoms with Crippen LogP contribution in [0.4, 0.5) is 0 Å². The van der Waals surface area contributed by atoms with Gasteiger partial charge in [0.05, 0.1) is 0 Å². The normalized spacial score (nSPS) is 16.4. The summed E-state index contributed by atoms with van der Waals surface area (Å²) >= 11 is -4.16. The third-order valence-electron chi connectivity index (χ3n) is 8.85. The molecule has 0 radical (unpaired) electrons. The Labute approximate surface area is 255 Å². The SMILES string of the molecule is OCCCCCCC[CH](O)[Ti]([CH](O)CCCCCCCO)([CH](O)CCCCCCCO)[CH](O)CCCCCCCO. The Morgan fingerprint density at radius 1 is 0.268 bits per heavy atom. The van der Waals surface area contributed by atoms with E-state index in [-0.39, 0.29) is 26.4 Å². The van der Waals surface area contributed by atoms with Gasteiger partial charge in [0, 0.05) is 0 Å². The zero-order valence-electron chi connectivity index (χ0n) is 26.2. The van der Waals surface area contributed by atoms with Crippen molar-refractivity contribution >= 4 is 0 Å². The minimum absolute atomic E-state index is 0.186. The molecule has 0 bridgehead atoms. The van der Waals surface area contributed by atoms with Gasteiger partial charge < -0.3 is 0 Å². The van der Waals surface area contributed by atoms with E-state index in [1.165, 1.54) is 0 Å². The monoisotopic (exact) mass is 628 g/mol. The fourth-order valence-corrected chi connectivity index (χ4v) is 14.8. The van der Waals surface area contributed by atoms with Crippen LogP contribution in [0.1, 0.15) is 154 Å². The topological polar surface area (TPSA) is 162 Å². The fourth-order valence-electron chi connectivity index (χ4n) is 6.25. The summed E-state index contributed by atoms with van der Waals surface area (Å²) in [6, 6.07) is 0. The van der Waals surface area contributed by atoms with Crippen molar-refractivity contribution in [3.8, 4) is 0 Å². The van der Waals surface area contributed by atoms with Gasteiger partial charge in [0.2, 0.25) is 0 Å². The van der Waals surface area contributed by atoms with Crippen LogP contribution in [0.2, 0.25) is 0 Å². The van der Waals surface area contributed by atoms with Crippen LogP contribution < -0.4 is 0 Å². The van der Waals surface area contributed by atoms with Crippen molar-refractivity contribution in [1.82, 2.24) is 0 Å². The third-order valence-corrected chi connectivity index (χ3v) is 17.9. The van der Waals surface area contributed by atoms with Crippen molar-refractivity contribution in [2.45, 2.75) is 172 Å². The molecule has 0 aliphatic carbocycles. The molecule has 0 aliphatic rings. The molecule has 8 nitrogen and oxygen atoms in total. The minimum atomic E-state index is -4.16. The van der Waals surface area contributed by atoms with Gasteiger partial charge in [-0.1, -0.05) is 0 Å². The summed E-state index contributed by atoms with van der Waals surface area (Å²) in [5.74, 6) is 0. The van der Waals surface area contributed by atoms with Gasteiger partial charge in [-0.3, -0.25) is 0 Å². The zero-order chi connectivity index (χ0) is 30.6. The van der Waals surface area contributed by atoms with Gasteiger partial charge in [0.25, 0.3) is 0 Å². The van der Waals surface area contributed by atoms with Crippen LogP contribution in [0, 0.1) is 0 Å². The molecule has 0 rings (SSSR count). The van der Waals surface area contributed by atoms with Crippen molar-refractivity contribution in [1.29, 1.82) is 0 Å². The molecule has 0 aromatic heterocycles. The molecule has 0 heterocycles. The van der Waals surface area contributed by atoms with Crippen LogP contribution in [0.25, 0.3) is 0 Å². The van der Waals surface area contributed by atoms with E-state index in [1.54, 1.807) is 0 Å². The van der Waals surface area contributed by atoms with E-state index in [2.05, 4.69) is 0 Å². The van der Waals surface area contributed by atoms with E-state index in [0.717, 1.165) is 128 Å². The van der Waals surface area contributed by atoms with Crippen molar-refractivity contribution in [3.63, 3.8) is 0 Å². The van der Waals surface area contributed by atoms with Gasteiger partial charge in [-0.2, -0.15) is 0 Å². The summed E-state index contributed by atoms with van der Waals surface area (Å²) in [5, 5.41) is 83.3. The van der Waals surface area contributed by atoms with Gasteiger partial charge in [-0.15, -0.1) is 0 Å². The molecule has 0 saturated carbocycles. The Bertz CT molecular complexity index is 448. The zero-order valence-corrected chi connectivity index (χ0v) is 27.7. The quantitative estimate of drug-likeness (QED) is 0.0391. The Kier molecular flexibility index (Phi) is 29.4. The first-order valence-corrected chi connectivity index (χ1v) is 20.7. The fraction of sp³-hybridized carbons (Fsp3) is 1.00. The first-order chi connectivity index (χ1) is 19.9. The van der Waals surface area contributed by atoms with Gasteiger partial charge >= 0.3 is 256 Å². The predicted octanol–water partition coefficient (Wildman–Crippen LogP) is 4.75. The van der Waals surface area contributed by atoms with Crippen molar-refractivity contribution in [2.24, 2.45) is 0 Å². The van der Waals surface area contributed by atoms with Crippen LogP contribution in [0.15, 0.2) is 0 Å². The second-order valence-electron chi connectivity index (χ2n) is 12.2. The molecule has 0 spiro atoms. The van der Waals surface area contributed by atoms with E-state index >= 15 is 0 Å². The van der Waals surface area contributed by atoms with Crippen molar-refractivity contribution in [2.75, 3.05) is 26.4 Å². The van der Waals surface area contributed by atoms with Crippen molar-refractivity contribution < 1.29 is 57.4 Å². The number of aliphatic hydroxyl groups excluding tert-OH is 8. The standard InChI is InChI=1S/4C8H17O2.Ti/c4*9-7-5-3-1-2-4-6-8-10;/h4*7,9-10H,1-6,8H2;. The predicted molar refractivity (Wildman–Crippen MR) is 163 cm³/mol. The van der Waals surface area contributed by atoms with Crippen LogP contribution in [0.3, 0.4) is 0 Å². The maximum atomic E-state index is 11.8. The average molecular weight is 629 g/mol. The molecule has 9 heteroatoms. The van der Waals surface area contributed by atoms with Crippen LogP contribution in [-0.4, -0.2) is 84.9 Å². The molecule has 4 unspecified atom stereocenters. The average Bonchev–Trinajstić information content (AvgIpc) is 2.96. The van der Waals surface area contributed by atoms with Gasteiger partial charge in [-0.25, -0.2) is 0 Å². The molecule has 0 aromatic carbocycles. The summed E-state index contributed by atoms with van der Waals surface area (Å²) in [7, 11) is 0. The Morgan fingerprint density at radius 3 is 0.634 bits per heavy atom.